The SMILES string of the molecule is CN(C)c1nccc(N2CCCC(Nc3ccc4[nH]ncc4c3)C2)n1. The molecule has 0 saturated carbocycles. The first-order valence-corrected chi connectivity index (χ1v) is 8.64. The maximum absolute atomic E-state index is 4.67. The third-order valence-electron chi connectivity index (χ3n) is 4.58. The first-order valence-electron chi connectivity index (χ1n) is 8.64. The van der Waals surface area contributed by atoms with E-state index in [2.05, 4.69) is 48.6 Å². The van der Waals surface area contributed by atoms with Gasteiger partial charge in [-0.15, -0.1) is 0 Å². The topological polar surface area (TPSA) is 73.0 Å². The fraction of sp³-hybridized carbons (Fsp3) is 0.389. The van der Waals surface area contributed by atoms with E-state index in [1.165, 1.54) is 0 Å². The molecule has 7 nitrogen and oxygen atoms in total. The third-order valence-corrected chi connectivity index (χ3v) is 4.58. The van der Waals surface area contributed by atoms with E-state index >= 15 is 0 Å². The lowest BCUT2D eigenvalue weighted by Gasteiger charge is -2.34. The van der Waals surface area contributed by atoms with Gasteiger partial charge in [0.1, 0.15) is 5.82 Å². The number of hydrogen-bond donors (Lipinski definition) is 2. The summed E-state index contributed by atoms with van der Waals surface area (Å²) in [5, 5.41) is 11.9. The van der Waals surface area contributed by atoms with Crippen molar-refractivity contribution in [3.8, 4) is 0 Å². The number of rotatable bonds is 4. The third kappa shape index (κ3) is 3.35. The fourth-order valence-electron chi connectivity index (χ4n) is 3.30. The van der Waals surface area contributed by atoms with Gasteiger partial charge in [-0.05, 0) is 37.1 Å². The van der Waals surface area contributed by atoms with Crippen LogP contribution >= 0.6 is 0 Å². The number of aromatic amines is 1. The first-order chi connectivity index (χ1) is 12.2. The molecule has 3 heterocycles. The number of nitrogens with one attached hydrogen (secondary N) is 2. The van der Waals surface area contributed by atoms with Crippen molar-refractivity contribution >= 4 is 28.4 Å². The minimum atomic E-state index is 0.399. The van der Waals surface area contributed by atoms with Gasteiger partial charge in [0.05, 0.1) is 11.7 Å². The summed E-state index contributed by atoms with van der Waals surface area (Å²) >= 11 is 0. The summed E-state index contributed by atoms with van der Waals surface area (Å²) in [6.07, 6.45) is 6.00. The van der Waals surface area contributed by atoms with E-state index < -0.39 is 0 Å². The van der Waals surface area contributed by atoms with Crippen LogP contribution in [-0.2, 0) is 0 Å². The maximum Gasteiger partial charge on any atom is 0.226 e. The minimum Gasteiger partial charge on any atom is -0.381 e. The van der Waals surface area contributed by atoms with Gasteiger partial charge in [0.2, 0.25) is 5.95 Å². The molecule has 0 spiro atoms. The second-order valence-corrected chi connectivity index (χ2v) is 6.71. The predicted octanol–water partition coefficient (Wildman–Crippen LogP) is 2.50. The Bertz CT molecular complexity index is 857. The smallest absolute Gasteiger partial charge is 0.226 e. The quantitative estimate of drug-likeness (QED) is 0.762. The summed E-state index contributed by atoms with van der Waals surface area (Å²) in [6, 6.07) is 8.71. The Kier molecular flexibility index (Phi) is 4.13. The minimum absolute atomic E-state index is 0.399. The average molecular weight is 337 g/mol. The average Bonchev–Trinajstić information content (AvgIpc) is 3.10. The molecule has 25 heavy (non-hydrogen) atoms. The highest BCUT2D eigenvalue weighted by atomic mass is 15.3. The zero-order chi connectivity index (χ0) is 17.2. The lowest BCUT2D eigenvalue weighted by atomic mass is 10.1. The van der Waals surface area contributed by atoms with Gasteiger partial charge >= 0.3 is 0 Å². The van der Waals surface area contributed by atoms with E-state index in [9.17, 15) is 0 Å². The summed E-state index contributed by atoms with van der Waals surface area (Å²) in [4.78, 5) is 13.3. The van der Waals surface area contributed by atoms with E-state index in [0.29, 0.717) is 6.04 Å². The Morgan fingerprint density at radius 2 is 2.20 bits per heavy atom. The Morgan fingerprint density at radius 1 is 1.28 bits per heavy atom. The van der Waals surface area contributed by atoms with Gasteiger partial charge in [-0.25, -0.2) is 4.98 Å². The molecule has 1 saturated heterocycles. The van der Waals surface area contributed by atoms with Crippen LogP contribution in [0.15, 0.2) is 36.7 Å². The van der Waals surface area contributed by atoms with Gasteiger partial charge in [-0.3, -0.25) is 5.10 Å². The van der Waals surface area contributed by atoms with Crippen LogP contribution in [0.5, 0.6) is 0 Å². The first kappa shape index (κ1) is 15.7. The van der Waals surface area contributed by atoms with E-state index in [1.54, 1.807) is 0 Å². The normalized spacial score (nSPS) is 17.7. The molecule has 0 aliphatic carbocycles. The summed E-state index contributed by atoms with van der Waals surface area (Å²) in [5.41, 5.74) is 2.20. The van der Waals surface area contributed by atoms with E-state index in [1.807, 2.05) is 37.5 Å². The molecule has 1 fully saturated rings. The molecule has 2 N–H and O–H groups in total. The van der Waals surface area contributed by atoms with Gasteiger partial charge in [0, 0.05) is 50.5 Å². The number of benzene rings is 1. The number of aromatic nitrogens is 4. The van der Waals surface area contributed by atoms with Crippen LogP contribution in [0.3, 0.4) is 0 Å². The second kappa shape index (κ2) is 6.58. The number of fused-ring (bicyclic) bond motifs is 1. The van der Waals surface area contributed by atoms with Crippen molar-refractivity contribution in [2.75, 3.05) is 42.3 Å². The van der Waals surface area contributed by atoms with Crippen molar-refractivity contribution in [2.24, 2.45) is 0 Å². The van der Waals surface area contributed by atoms with Crippen molar-refractivity contribution in [2.45, 2.75) is 18.9 Å². The maximum atomic E-state index is 4.67. The van der Waals surface area contributed by atoms with Crippen LogP contribution in [-0.4, -0.2) is 53.4 Å². The van der Waals surface area contributed by atoms with Crippen LogP contribution in [0, 0.1) is 0 Å². The molecule has 7 heteroatoms. The molecule has 1 atom stereocenters. The Hall–Kier alpha value is -2.83. The lowest BCUT2D eigenvalue weighted by molar-refractivity contribution is 0.526. The van der Waals surface area contributed by atoms with Crippen LogP contribution in [0.25, 0.3) is 10.9 Å². The number of H-pyrrole nitrogens is 1. The fourth-order valence-corrected chi connectivity index (χ4v) is 3.30. The Labute approximate surface area is 147 Å². The van der Waals surface area contributed by atoms with Gasteiger partial charge in [0.25, 0.3) is 0 Å². The molecular formula is C18H23N7. The highest BCUT2D eigenvalue weighted by Gasteiger charge is 2.21. The zero-order valence-corrected chi connectivity index (χ0v) is 14.6. The molecule has 0 amide bonds. The number of anilines is 3. The zero-order valence-electron chi connectivity index (χ0n) is 14.6. The lowest BCUT2D eigenvalue weighted by Crippen LogP contribution is -2.42. The molecule has 1 unspecified atom stereocenters. The molecule has 1 aliphatic rings. The molecule has 4 rings (SSSR count). The van der Waals surface area contributed by atoms with Gasteiger partial charge in [0.15, 0.2) is 0 Å². The molecule has 3 aromatic rings. The second-order valence-electron chi connectivity index (χ2n) is 6.71. The van der Waals surface area contributed by atoms with E-state index in [0.717, 1.165) is 54.3 Å². The van der Waals surface area contributed by atoms with Gasteiger partial charge in [-0.1, -0.05) is 0 Å². The highest BCUT2D eigenvalue weighted by molar-refractivity contribution is 5.81. The van der Waals surface area contributed by atoms with Crippen molar-refractivity contribution < 1.29 is 0 Å². The van der Waals surface area contributed by atoms with E-state index in [4.69, 9.17) is 0 Å². The summed E-state index contributed by atoms with van der Waals surface area (Å²) in [7, 11) is 3.93. The summed E-state index contributed by atoms with van der Waals surface area (Å²) < 4.78 is 0. The van der Waals surface area contributed by atoms with Crippen molar-refractivity contribution in [3.63, 3.8) is 0 Å². The molecule has 0 bridgehead atoms. The van der Waals surface area contributed by atoms with Crippen LogP contribution < -0.4 is 15.1 Å². The largest absolute Gasteiger partial charge is 0.381 e. The molecule has 0 radical (unpaired) electrons. The molecule has 2 aromatic heterocycles. The van der Waals surface area contributed by atoms with Crippen molar-refractivity contribution in [3.05, 3.63) is 36.7 Å². The Morgan fingerprint density at radius 3 is 3.08 bits per heavy atom. The predicted molar refractivity (Wildman–Crippen MR) is 101 cm³/mol. The monoisotopic (exact) mass is 337 g/mol. The highest BCUT2D eigenvalue weighted by Crippen LogP contribution is 2.23. The number of nitrogens with zero attached hydrogens (tertiary/aromatic N) is 5. The van der Waals surface area contributed by atoms with E-state index in [-0.39, 0.29) is 0 Å². The molecule has 1 aromatic carbocycles. The molecule has 1 aliphatic heterocycles. The van der Waals surface area contributed by atoms with Crippen LogP contribution in [0.1, 0.15) is 12.8 Å². The number of hydrogen-bond acceptors (Lipinski definition) is 6. The standard InChI is InChI=1S/C18H23N7/c1-24(2)18-19-8-7-17(22-18)25-9-3-4-15(12-25)21-14-5-6-16-13(10-14)11-20-23-16/h5-8,10-11,15,21H,3-4,9,12H2,1-2H3,(H,20,23). The summed E-state index contributed by atoms with van der Waals surface area (Å²) in [6.45, 7) is 1.97. The van der Waals surface area contributed by atoms with Crippen LogP contribution in [0.2, 0.25) is 0 Å². The van der Waals surface area contributed by atoms with Crippen LogP contribution in [0.4, 0.5) is 17.5 Å². The molecular weight excluding hydrogens is 314 g/mol. The van der Waals surface area contributed by atoms with Crippen molar-refractivity contribution in [1.29, 1.82) is 0 Å². The number of piperidine rings is 1. The van der Waals surface area contributed by atoms with Crippen molar-refractivity contribution in [1.82, 2.24) is 20.2 Å². The van der Waals surface area contributed by atoms with Gasteiger partial charge in [-0.2, -0.15) is 10.1 Å². The molecule has 130 valence electrons. The Balaban J connectivity index is 1.48. The summed E-state index contributed by atoms with van der Waals surface area (Å²) in [5.74, 6) is 1.74. The van der Waals surface area contributed by atoms with Gasteiger partial charge < -0.3 is 15.1 Å².